The van der Waals surface area contributed by atoms with Crippen molar-refractivity contribution in [2.75, 3.05) is 11.9 Å². The molecule has 2 rings (SSSR count). The fourth-order valence-corrected chi connectivity index (χ4v) is 2.53. The molecule has 132 valence electrons. The fraction of sp³-hybridized carbons (Fsp3) is 0.176. The van der Waals surface area contributed by atoms with Crippen LogP contribution in [0.2, 0.25) is 0 Å². The summed E-state index contributed by atoms with van der Waals surface area (Å²) in [4.78, 5) is 23.6. The summed E-state index contributed by atoms with van der Waals surface area (Å²) in [5.41, 5.74) is 1.87. The number of rotatable bonds is 6. The van der Waals surface area contributed by atoms with Crippen LogP contribution in [0.4, 0.5) is 5.69 Å². The lowest BCUT2D eigenvalue weighted by atomic mass is 10.1. The molecule has 0 heterocycles. The van der Waals surface area contributed by atoms with E-state index in [2.05, 4.69) is 5.32 Å². The monoisotopic (exact) mass is 362 g/mol. The van der Waals surface area contributed by atoms with Gasteiger partial charge in [-0.3, -0.25) is 4.79 Å². The minimum absolute atomic E-state index is 0.114. The smallest absolute Gasteiger partial charge is 0.338 e. The van der Waals surface area contributed by atoms with Crippen molar-refractivity contribution >= 4 is 27.6 Å². The molecule has 2 aromatic rings. The van der Waals surface area contributed by atoms with Crippen LogP contribution in [-0.2, 0) is 26.0 Å². The van der Waals surface area contributed by atoms with Crippen LogP contribution in [0.15, 0.2) is 53.4 Å². The van der Waals surface area contributed by atoms with Crippen molar-refractivity contribution in [1.29, 1.82) is 0 Å². The Bertz CT molecular complexity index is 859. The Kier molecular flexibility index (Phi) is 5.89. The van der Waals surface area contributed by atoms with Gasteiger partial charge in [-0.25, -0.2) is 18.4 Å². The third kappa shape index (κ3) is 5.40. The van der Waals surface area contributed by atoms with Crippen LogP contribution in [0.1, 0.15) is 22.8 Å². The minimum atomic E-state index is -3.83. The molecule has 2 aromatic carbocycles. The highest BCUT2D eigenvalue weighted by Gasteiger charge is 2.13. The van der Waals surface area contributed by atoms with Gasteiger partial charge in [-0.2, -0.15) is 0 Å². The van der Waals surface area contributed by atoms with Gasteiger partial charge in [0.15, 0.2) is 6.61 Å². The lowest BCUT2D eigenvalue weighted by Gasteiger charge is -2.07. The highest BCUT2D eigenvalue weighted by atomic mass is 32.2. The van der Waals surface area contributed by atoms with E-state index < -0.39 is 28.5 Å². The van der Waals surface area contributed by atoms with Gasteiger partial charge < -0.3 is 10.1 Å². The molecule has 0 aliphatic carbocycles. The van der Waals surface area contributed by atoms with E-state index in [1.165, 1.54) is 24.3 Å². The van der Waals surface area contributed by atoms with E-state index >= 15 is 0 Å². The zero-order chi connectivity index (χ0) is 18.4. The molecule has 1 amide bonds. The summed E-state index contributed by atoms with van der Waals surface area (Å²) in [7, 11) is -3.83. The lowest BCUT2D eigenvalue weighted by molar-refractivity contribution is -0.119. The molecule has 25 heavy (non-hydrogen) atoms. The summed E-state index contributed by atoms with van der Waals surface area (Å²) in [6.07, 6.45) is 0.899. The molecular formula is C17H18N2O5S. The molecule has 0 fully saturated rings. The van der Waals surface area contributed by atoms with Crippen molar-refractivity contribution in [1.82, 2.24) is 0 Å². The van der Waals surface area contributed by atoms with Gasteiger partial charge in [-0.05, 0) is 48.4 Å². The van der Waals surface area contributed by atoms with Gasteiger partial charge in [-0.1, -0.05) is 19.1 Å². The second kappa shape index (κ2) is 7.91. The summed E-state index contributed by atoms with van der Waals surface area (Å²) in [5.74, 6) is -1.21. The number of nitrogens with one attached hydrogen (secondary N) is 1. The van der Waals surface area contributed by atoms with E-state index in [1.54, 1.807) is 12.1 Å². The van der Waals surface area contributed by atoms with Crippen molar-refractivity contribution in [3.8, 4) is 0 Å². The van der Waals surface area contributed by atoms with Crippen molar-refractivity contribution < 1.29 is 22.7 Å². The number of sulfonamides is 1. The molecule has 0 aliphatic heterocycles. The number of esters is 1. The molecule has 8 heteroatoms. The van der Waals surface area contributed by atoms with E-state index in [-0.39, 0.29) is 10.5 Å². The average molecular weight is 362 g/mol. The van der Waals surface area contributed by atoms with Crippen molar-refractivity contribution in [2.24, 2.45) is 5.14 Å². The zero-order valence-electron chi connectivity index (χ0n) is 13.6. The predicted molar refractivity (Wildman–Crippen MR) is 92.5 cm³/mol. The number of ether oxygens (including phenoxy) is 1. The summed E-state index contributed by atoms with van der Waals surface area (Å²) < 4.78 is 27.2. The fourth-order valence-electron chi connectivity index (χ4n) is 2.02. The number of hydrogen-bond acceptors (Lipinski definition) is 5. The number of benzene rings is 2. The first-order chi connectivity index (χ1) is 11.8. The number of hydrogen-bond donors (Lipinski definition) is 2. The van der Waals surface area contributed by atoms with E-state index in [4.69, 9.17) is 9.88 Å². The number of primary sulfonamides is 1. The van der Waals surface area contributed by atoms with E-state index in [0.29, 0.717) is 5.69 Å². The predicted octanol–water partition coefficient (Wildman–Crippen LogP) is 1.69. The molecule has 3 N–H and O–H groups in total. The number of carbonyl (C=O) groups is 2. The largest absolute Gasteiger partial charge is 0.452 e. The van der Waals surface area contributed by atoms with Crippen molar-refractivity contribution in [3.05, 3.63) is 59.7 Å². The van der Waals surface area contributed by atoms with Gasteiger partial charge >= 0.3 is 5.97 Å². The Morgan fingerprint density at radius 2 is 1.64 bits per heavy atom. The Morgan fingerprint density at radius 3 is 2.16 bits per heavy atom. The standard InChI is InChI=1S/C17H18N2O5S/c1-2-12-3-7-14(8-4-12)19-16(20)11-24-17(21)13-5-9-15(10-6-13)25(18,22)23/h3-10H,2,11H2,1H3,(H,19,20)(H2,18,22,23). The van der Waals surface area contributed by atoms with Crippen LogP contribution in [0.5, 0.6) is 0 Å². The Morgan fingerprint density at radius 1 is 1.04 bits per heavy atom. The minimum Gasteiger partial charge on any atom is -0.452 e. The number of aryl methyl sites for hydroxylation is 1. The van der Waals surface area contributed by atoms with Gasteiger partial charge in [0.2, 0.25) is 10.0 Å². The lowest BCUT2D eigenvalue weighted by Crippen LogP contribution is -2.21. The van der Waals surface area contributed by atoms with Gasteiger partial charge in [0.25, 0.3) is 5.91 Å². The molecule has 0 atom stereocenters. The molecule has 0 saturated heterocycles. The maximum absolute atomic E-state index is 11.9. The van der Waals surface area contributed by atoms with Crippen molar-refractivity contribution in [2.45, 2.75) is 18.2 Å². The van der Waals surface area contributed by atoms with Gasteiger partial charge in [-0.15, -0.1) is 0 Å². The second-order valence-corrected chi connectivity index (χ2v) is 6.81. The van der Waals surface area contributed by atoms with Crippen LogP contribution in [-0.4, -0.2) is 26.9 Å². The second-order valence-electron chi connectivity index (χ2n) is 5.24. The van der Waals surface area contributed by atoms with Crippen LogP contribution < -0.4 is 10.5 Å². The molecule has 0 unspecified atom stereocenters. The highest BCUT2D eigenvalue weighted by molar-refractivity contribution is 7.89. The average Bonchev–Trinajstić information content (AvgIpc) is 2.59. The third-order valence-corrected chi connectivity index (χ3v) is 4.33. The maximum atomic E-state index is 11.9. The third-order valence-electron chi connectivity index (χ3n) is 3.40. The first-order valence-electron chi connectivity index (χ1n) is 7.48. The van der Waals surface area contributed by atoms with Gasteiger partial charge in [0, 0.05) is 5.69 Å². The first-order valence-corrected chi connectivity index (χ1v) is 9.03. The number of amides is 1. The molecular weight excluding hydrogens is 344 g/mol. The molecule has 0 spiro atoms. The topological polar surface area (TPSA) is 116 Å². The SMILES string of the molecule is CCc1ccc(NC(=O)COC(=O)c2ccc(S(N)(=O)=O)cc2)cc1. The van der Waals surface area contributed by atoms with E-state index in [1.807, 2.05) is 19.1 Å². The normalized spacial score (nSPS) is 11.0. The van der Waals surface area contributed by atoms with E-state index in [0.717, 1.165) is 12.0 Å². The van der Waals surface area contributed by atoms with E-state index in [9.17, 15) is 18.0 Å². The summed E-state index contributed by atoms with van der Waals surface area (Å²) >= 11 is 0. The van der Waals surface area contributed by atoms with Crippen LogP contribution in [0.25, 0.3) is 0 Å². The summed E-state index contributed by atoms with van der Waals surface area (Å²) in [6.45, 7) is 1.58. The molecule has 0 aliphatic rings. The zero-order valence-corrected chi connectivity index (χ0v) is 14.4. The van der Waals surface area contributed by atoms with Gasteiger partial charge in [0.1, 0.15) is 0 Å². The quantitative estimate of drug-likeness (QED) is 0.759. The maximum Gasteiger partial charge on any atom is 0.338 e. The molecule has 0 bridgehead atoms. The van der Waals surface area contributed by atoms with Crippen LogP contribution >= 0.6 is 0 Å². The molecule has 0 aromatic heterocycles. The Hall–Kier alpha value is -2.71. The number of carbonyl (C=O) groups excluding carboxylic acids is 2. The molecule has 0 saturated carbocycles. The molecule has 7 nitrogen and oxygen atoms in total. The van der Waals surface area contributed by atoms with Crippen LogP contribution in [0, 0.1) is 0 Å². The number of anilines is 1. The van der Waals surface area contributed by atoms with Crippen molar-refractivity contribution in [3.63, 3.8) is 0 Å². The van der Waals surface area contributed by atoms with Crippen LogP contribution in [0.3, 0.4) is 0 Å². The highest BCUT2D eigenvalue weighted by Crippen LogP contribution is 2.11. The van der Waals surface area contributed by atoms with Gasteiger partial charge in [0.05, 0.1) is 10.5 Å². The summed E-state index contributed by atoms with van der Waals surface area (Å²) in [5, 5.41) is 7.59. The summed E-state index contributed by atoms with van der Waals surface area (Å²) in [6, 6.07) is 12.3. The Balaban J connectivity index is 1.89. The first kappa shape index (κ1) is 18.6. The Labute approximate surface area is 145 Å². The molecule has 0 radical (unpaired) electrons. The number of nitrogens with two attached hydrogens (primary N) is 1.